The molecular formula is C21H13ClINO4. The second-order valence-electron chi connectivity index (χ2n) is 5.79. The largest absolute Gasteiger partial charge is 0.478 e. The van der Waals surface area contributed by atoms with Crippen molar-refractivity contribution in [3.05, 3.63) is 98.1 Å². The van der Waals surface area contributed by atoms with E-state index in [1.807, 2.05) is 6.07 Å². The lowest BCUT2D eigenvalue weighted by Gasteiger charge is -2.22. The second kappa shape index (κ2) is 8.53. The fourth-order valence-electron chi connectivity index (χ4n) is 2.67. The predicted molar refractivity (Wildman–Crippen MR) is 115 cm³/mol. The minimum Gasteiger partial charge on any atom is -0.478 e. The Morgan fingerprint density at radius 3 is 2.14 bits per heavy atom. The molecular weight excluding hydrogens is 493 g/mol. The number of carbonyl (C=O) groups excluding carboxylic acids is 2. The number of nitrogens with zero attached hydrogens (tertiary/aromatic N) is 1. The molecule has 3 aromatic carbocycles. The molecule has 140 valence electrons. The number of carbonyl (C=O) groups is 3. The van der Waals surface area contributed by atoms with E-state index in [2.05, 4.69) is 22.6 Å². The highest BCUT2D eigenvalue weighted by molar-refractivity contribution is 14.1. The summed E-state index contributed by atoms with van der Waals surface area (Å²) in [6, 6.07) is 18.8. The lowest BCUT2D eigenvalue weighted by Crippen LogP contribution is -2.38. The van der Waals surface area contributed by atoms with Crippen LogP contribution in [0.2, 0.25) is 5.02 Å². The first-order chi connectivity index (χ1) is 13.4. The number of rotatable bonds is 4. The van der Waals surface area contributed by atoms with Crippen LogP contribution in [0.25, 0.3) is 0 Å². The molecule has 0 unspecified atom stereocenters. The van der Waals surface area contributed by atoms with Crippen molar-refractivity contribution in [2.45, 2.75) is 0 Å². The number of anilines is 1. The molecule has 5 nitrogen and oxygen atoms in total. The van der Waals surface area contributed by atoms with E-state index in [1.54, 1.807) is 42.5 Å². The molecule has 0 aliphatic carbocycles. The number of hydrogen-bond donors (Lipinski definition) is 1. The number of aromatic carboxylic acids is 1. The number of carboxylic acid groups (broad SMARTS) is 1. The molecule has 28 heavy (non-hydrogen) atoms. The Morgan fingerprint density at radius 2 is 1.50 bits per heavy atom. The van der Waals surface area contributed by atoms with Crippen LogP contribution in [-0.2, 0) is 0 Å². The lowest BCUT2D eigenvalue weighted by molar-refractivity contribution is 0.0690. The second-order valence-corrected chi connectivity index (χ2v) is 7.47. The van der Waals surface area contributed by atoms with Crippen molar-refractivity contribution in [3.63, 3.8) is 0 Å². The van der Waals surface area contributed by atoms with Crippen molar-refractivity contribution in [2.75, 3.05) is 4.90 Å². The van der Waals surface area contributed by atoms with Gasteiger partial charge in [0, 0.05) is 14.2 Å². The summed E-state index contributed by atoms with van der Waals surface area (Å²) in [4.78, 5) is 39.0. The SMILES string of the molecule is O=C(O)c1ccccc1C(=O)N(C(=O)c1cccc(I)c1)c1cccc(Cl)c1. The highest BCUT2D eigenvalue weighted by Gasteiger charge is 2.29. The smallest absolute Gasteiger partial charge is 0.336 e. The summed E-state index contributed by atoms with van der Waals surface area (Å²) < 4.78 is 0.827. The summed E-state index contributed by atoms with van der Waals surface area (Å²) in [6.07, 6.45) is 0. The zero-order valence-electron chi connectivity index (χ0n) is 14.3. The average Bonchev–Trinajstić information content (AvgIpc) is 2.68. The molecule has 0 radical (unpaired) electrons. The molecule has 0 fully saturated rings. The molecule has 0 spiro atoms. The van der Waals surface area contributed by atoms with Crippen LogP contribution in [0.5, 0.6) is 0 Å². The van der Waals surface area contributed by atoms with Gasteiger partial charge in [0.05, 0.1) is 16.8 Å². The van der Waals surface area contributed by atoms with E-state index in [0.717, 1.165) is 8.47 Å². The molecule has 0 bridgehead atoms. The number of hydrogen-bond acceptors (Lipinski definition) is 3. The summed E-state index contributed by atoms with van der Waals surface area (Å²) in [7, 11) is 0. The monoisotopic (exact) mass is 505 g/mol. The Kier molecular flexibility index (Phi) is 6.11. The van der Waals surface area contributed by atoms with Crippen LogP contribution >= 0.6 is 34.2 Å². The van der Waals surface area contributed by atoms with Gasteiger partial charge in [0.2, 0.25) is 0 Å². The van der Waals surface area contributed by atoms with Crippen molar-refractivity contribution in [1.82, 2.24) is 0 Å². The van der Waals surface area contributed by atoms with Crippen molar-refractivity contribution >= 4 is 57.7 Å². The van der Waals surface area contributed by atoms with E-state index in [0.29, 0.717) is 10.6 Å². The molecule has 0 aliphatic rings. The Balaban J connectivity index is 2.16. The molecule has 0 saturated heterocycles. The average molecular weight is 506 g/mol. The van der Waals surface area contributed by atoms with E-state index in [1.165, 1.54) is 24.3 Å². The normalized spacial score (nSPS) is 10.4. The summed E-state index contributed by atoms with van der Waals surface area (Å²) in [6.45, 7) is 0. The van der Waals surface area contributed by atoms with Crippen LogP contribution in [0.4, 0.5) is 5.69 Å². The van der Waals surface area contributed by atoms with Crippen molar-refractivity contribution < 1.29 is 19.5 Å². The Bertz CT molecular complexity index is 1080. The van der Waals surface area contributed by atoms with Gasteiger partial charge >= 0.3 is 5.97 Å². The molecule has 3 aromatic rings. The van der Waals surface area contributed by atoms with Crippen molar-refractivity contribution in [1.29, 1.82) is 0 Å². The van der Waals surface area contributed by atoms with Gasteiger partial charge in [-0.1, -0.05) is 35.9 Å². The predicted octanol–water partition coefficient (Wildman–Crippen LogP) is 5.13. The molecule has 0 aliphatic heterocycles. The zero-order chi connectivity index (χ0) is 20.3. The molecule has 0 aromatic heterocycles. The fraction of sp³-hybridized carbons (Fsp3) is 0. The zero-order valence-corrected chi connectivity index (χ0v) is 17.2. The van der Waals surface area contributed by atoms with E-state index < -0.39 is 17.8 Å². The van der Waals surface area contributed by atoms with Gasteiger partial charge in [-0.15, -0.1) is 0 Å². The quantitative estimate of drug-likeness (QED) is 0.394. The van der Waals surface area contributed by atoms with Crippen LogP contribution in [0.3, 0.4) is 0 Å². The van der Waals surface area contributed by atoms with Crippen molar-refractivity contribution in [3.8, 4) is 0 Å². The van der Waals surface area contributed by atoms with Crippen LogP contribution < -0.4 is 4.90 Å². The summed E-state index contributed by atoms with van der Waals surface area (Å²) >= 11 is 8.12. The first-order valence-corrected chi connectivity index (χ1v) is 9.56. The van der Waals surface area contributed by atoms with E-state index >= 15 is 0 Å². The van der Waals surface area contributed by atoms with Crippen LogP contribution in [-0.4, -0.2) is 22.9 Å². The first kappa shape index (κ1) is 20.0. The minimum atomic E-state index is -1.25. The van der Waals surface area contributed by atoms with E-state index in [9.17, 15) is 19.5 Å². The maximum atomic E-state index is 13.3. The maximum Gasteiger partial charge on any atom is 0.336 e. The van der Waals surface area contributed by atoms with Gasteiger partial charge in [0.1, 0.15) is 0 Å². The van der Waals surface area contributed by atoms with Crippen LogP contribution in [0.15, 0.2) is 72.8 Å². The van der Waals surface area contributed by atoms with Gasteiger partial charge in [-0.3, -0.25) is 9.59 Å². The van der Waals surface area contributed by atoms with Gasteiger partial charge in [-0.2, -0.15) is 0 Å². The standard InChI is InChI=1S/C21H13ClINO4/c22-14-6-4-8-16(12-14)24(19(25)13-5-3-7-15(23)11-13)20(26)17-9-1-2-10-18(17)21(27)28/h1-12H,(H,27,28). The Labute approximate surface area is 179 Å². The van der Waals surface area contributed by atoms with Gasteiger partial charge in [-0.05, 0) is 71.1 Å². The minimum absolute atomic E-state index is 0.0889. The first-order valence-electron chi connectivity index (χ1n) is 8.10. The maximum absolute atomic E-state index is 13.3. The topological polar surface area (TPSA) is 74.7 Å². The summed E-state index contributed by atoms with van der Waals surface area (Å²) in [5.74, 6) is -2.58. The molecule has 7 heteroatoms. The lowest BCUT2D eigenvalue weighted by atomic mass is 10.0. The molecule has 0 heterocycles. The third kappa shape index (κ3) is 4.23. The Morgan fingerprint density at radius 1 is 0.821 bits per heavy atom. The van der Waals surface area contributed by atoms with Gasteiger partial charge in [-0.25, -0.2) is 9.69 Å². The molecule has 0 atom stereocenters. The molecule has 1 N–H and O–H groups in total. The van der Waals surface area contributed by atoms with Gasteiger partial charge < -0.3 is 5.11 Å². The van der Waals surface area contributed by atoms with Crippen LogP contribution in [0, 0.1) is 3.57 Å². The van der Waals surface area contributed by atoms with E-state index in [-0.39, 0.29) is 16.8 Å². The van der Waals surface area contributed by atoms with Crippen LogP contribution in [0.1, 0.15) is 31.1 Å². The molecule has 0 saturated carbocycles. The highest BCUT2D eigenvalue weighted by atomic mass is 127. The van der Waals surface area contributed by atoms with E-state index in [4.69, 9.17) is 11.6 Å². The number of carboxylic acids is 1. The highest BCUT2D eigenvalue weighted by Crippen LogP contribution is 2.25. The molecule has 3 rings (SSSR count). The van der Waals surface area contributed by atoms with Crippen molar-refractivity contribution in [2.24, 2.45) is 0 Å². The number of benzene rings is 3. The fourth-order valence-corrected chi connectivity index (χ4v) is 3.40. The van der Waals surface area contributed by atoms with Gasteiger partial charge in [0.25, 0.3) is 11.8 Å². The summed E-state index contributed by atoms with van der Waals surface area (Å²) in [5.41, 5.74) is 0.276. The molecule has 2 amide bonds. The number of imide groups is 1. The summed E-state index contributed by atoms with van der Waals surface area (Å²) in [5, 5.41) is 9.77. The number of amides is 2. The Hall–Kier alpha value is -2.71. The third-order valence-corrected chi connectivity index (χ3v) is 4.84. The third-order valence-electron chi connectivity index (χ3n) is 3.93. The number of halogens is 2. The van der Waals surface area contributed by atoms with Gasteiger partial charge in [0.15, 0.2) is 0 Å².